The van der Waals surface area contributed by atoms with E-state index >= 15 is 0 Å². The van der Waals surface area contributed by atoms with Crippen LogP contribution in [-0.4, -0.2) is 29.7 Å². The van der Waals surface area contributed by atoms with E-state index in [0.717, 1.165) is 36.4 Å². The molecule has 5 heteroatoms. The molecule has 0 radical (unpaired) electrons. The molecule has 2 heterocycles. The van der Waals surface area contributed by atoms with Gasteiger partial charge in [0.25, 0.3) is 0 Å². The average Bonchev–Trinajstić information content (AvgIpc) is 2.74. The molecule has 1 fully saturated rings. The van der Waals surface area contributed by atoms with E-state index in [9.17, 15) is 4.79 Å². The second-order valence-electron chi connectivity index (χ2n) is 5.88. The molecule has 0 unspecified atom stereocenters. The van der Waals surface area contributed by atoms with Crippen LogP contribution in [0, 0.1) is 0 Å². The van der Waals surface area contributed by atoms with E-state index in [-0.39, 0.29) is 6.09 Å². The van der Waals surface area contributed by atoms with Gasteiger partial charge in [0, 0.05) is 19.0 Å². The minimum atomic E-state index is -0.431. The van der Waals surface area contributed by atoms with Crippen LogP contribution < -0.4 is 0 Å². The number of furan rings is 1. The van der Waals surface area contributed by atoms with Gasteiger partial charge in [-0.05, 0) is 61.7 Å². The van der Waals surface area contributed by atoms with Gasteiger partial charge in [0.15, 0.2) is 4.67 Å². The van der Waals surface area contributed by atoms with Crippen molar-refractivity contribution in [3.63, 3.8) is 0 Å². The highest BCUT2D eigenvalue weighted by atomic mass is 79.9. The molecule has 1 saturated heterocycles. The third-order valence-electron chi connectivity index (χ3n) is 3.14. The fraction of sp³-hybridized carbons (Fsp3) is 0.643. The Morgan fingerprint density at radius 1 is 1.37 bits per heavy atom. The number of nitrogens with zero attached hydrogens (tertiary/aromatic N) is 1. The normalized spacial score (nSPS) is 17.6. The first-order valence-corrected chi connectivity index (χ1v) is 7.37. The first-order chi connectivity index (χ1) is 8.85. The summed E-state index contributed by atoms with van der Waals surface area (Å²) in [6.45, 7) is 7.10. The highest BCUT2D eigenvalue weighted by Crippen LogP contribution is 2.31. The van der Waals surface area contributed by atoms with Crippen LogP contribution in [0.1, 0.15) is 45.3 Å². The zero-order chi connectivity index (χ0) is 14.0. The van der Waals surface area contributed by atoms with Crippen molar-refractivity contribution in [3.05, 3.63) is 22.6 Å². The van der Waals surface area contributed by atoms with Gasteiger partial charge in [-0.1, -0.05) is 0 Å². The molecular weight excluding hydrogens is 310 g/mol. The lowest BCUT2D eigenvalue weighted by Crippen LogP contribution is -2.41. The fourth-order valence-corrected chi connectivity index (χ4v) is 2.54. The summed E-state index contributed by atoms with van der Waals surface area (Å²) < 4.78 is 11.7. The number of amides is 1. The van der Waals surface area contributed by atoms with Crippen molar-refractivity contribution >= 4 is 22.0 Å². The van der Waals surface area contributed by atoms with Gasteiger partial charge < -0.3 is 14.1 Å². The zero-order valence-electron chi connectivity index (χ0n) is 11.6. The Bertz CT molecular complexity index is 442. The first-order valence-electron chi connectivity index (χ1n) is 6.58. The smallest absolute Gasteiger partial charge is 0.410 e. The number of carbonyl (C=O) groups excluding carboxylic acids is 1. The summed E-state index contributed by atoms with van der Waals surface area (Å²) in [6, 6.07) is 3.91. The summed E-state index contributed by atoms with van der Waals surface area (Å²) in [5.41, 5.74) is -0.431. The fourth-order valence-electron chi connectivity index (χ4n) is 2.22. The SMILES string of the molecule is CC(C)(C)OC(=O)N1CCC(c2ccc(Br)o2)CC1. The minimum absolute atomic E-state index is 0.216. The Labute approximate surface area is 122 Å². The first kappa shape index (κ1) is 14.4. The topological polar surface area (TPSA) is 42.7 Å². The summed E-state index contributed by atoms with van der Waals surface area (Å²) in [5, 5.41) is 0. The van der Waals surface area contributed by atoms with Crippen molar-refractivity contribution < 1.29 is 13.9 Å². The molecule has 106 valence electrons. The molecule has 1 aliphatic heterocycles. The molecule has 1 aromatic rings. The Morgan fingerprint density at radius 2 is 2.00 bits per heavy atom. The molecule has 0 aromatic carbocycles. The summed E-state index contributed by atoms with van der Waals surface area (Å²) >= 11 is 3.32. The molecule has 4 nitrogen and oxygen atoms in total. The Balaban J connectivity index is 1.87. The van der Waals surface area contributed by atoms with Gasteiger partial charge in [-0.3, -0.25) is 0 Å². The maximum absolute atomic E-state index is 11.9. The van der Waals surface area contributed by atoms with Crippen LogP contribution in [0.25, 0.3) is 0 Å². The lowest BCUT2D eigenvalue weighted by Gasteiger charge is -2.32. The van der Waals surface area contributed by atoms with Gasteiger partial charge in [-0.15, -0.1) is 0 Å². The molecule has 2 rings (SSSR count). The molecule has 1 aliphatic rings. The number of carbonyl (C=O) groups is 1. The summed E-state index contributed by atoms with van der Waals surface area (Å²) in [5.74, 6) is 1.39. The van der Waals surface area contributed by atoms with Crippen LogP contribution in [0.2, 0.25) is 0 Å². The Morgan fingerprint density at radius 3 is 2.47 bits per heavy atom. The average molecular weight is 330 g/mol. The Hall–Kier alpha value is -0.970. The predicted molar refractivity (Wildman–Crippen MR) is 76.2 cm³/mol. The molecule has 1 amide bonds. The number of halogens is 1. The monoisotopic (exact) mass is 329 g/mol. The second-order valence-corrected chi connectivity index (χ2v) is 6.67. The van der Waals surface area contributed by atoms with Crippen molar-refractivity contribution in [2.24, 2.45) is 0 Å². The van der Waals surface area contributed by atoms with Gasteiger partial charge in [0.2, 0.25) is 0 Å². The lowest BCUT2D eigenvalue weighted by molar-refractivity contribution is 0.0200. The molecule has 19 heavy (non-hydrogen) atoms. The van der Waals surface area contributed by atoms with E-state index in [2.05, 4.69) is 15.9 Å². The largest absolute Gasteiger partial charge is 0.454 e. The third-order valence-corrected chi connectivity index (χ3v) is 3.57. The number of ether oxygens (including phenoxy) is 1. The zero-order valence-corrected chi connectivity index (χ0v) is 13.2. The van der Waals surface area contributed by atoms with Gasteiger partial charge in [-0.2, -0.15) is 0 Å². The predicted octanol–water partition coefficient (Wildman–Crippen LogP) is 4.16. The van der Waals surface area contributed by atoms with Crippen LogP contribution >= 0.6 is 15.9 Å². The molecule has 0 aliphatic carbocycles. The van der Waals surface area contributed by atoms with Crippen molar-refractivity contribution in [2.75, 3.05) is 13.1 Å². The second kappa shape index (κ2) is 5.57. The third kappa shape index (κ3) is 4.00. The van der Waals surface area contributed by atoms with Crippen molar-refractivity contribution in [2.45, 2.75) is 45.1 Å². The summed E-state index contributed by atoms with van der Waals surface area (Å²) in [7, 11) is 0. The lowest BCUT2D eigenvalue weighted by atomic mass is 9.95. The number of likely N-dealkylation sites (tertiary alicyclic amines) is 1. The van der Waals surface area contributed by atoms with Gasteiger partial charge >= 0.3 is 6.09 Å². The van der Waals surface area contributed by atoms with Gasteiger partial charge in [-0.25, -0.2) is 4.79 Å². The van der Waals surface area contributed by atoms with E-state index in [1.165, 1.54) is 0 Å². The molecule has 0 N–H and O–H groups in total. The summed E-state index contributed by atoms with van der Waals surface area (Å²) in [6.07, 6.45) is 1.62. The molecule has 0 bridgehead atoms. The van der Waals surface area contributed by atoms with E-state index in [1.54, 1.807) is 4.90 Å². The number of hydrogen-bond acceptors (Lipinski definition) is 3. The van der Waals surface area contributed by atoms with Crippen LogP contribution in [0.5, 0.6) is 0 Å². The van der Waals surface area contributed by atoms with Gasteiger partial charge in [0.1, 0.15) is 11.4 Å². The molecule has 1 aromatic heterocycles. The standard InChI is InChI=1S/C14H20BrNO3/c1-14(2,3)19-13(17)16-8-6-10(7-9-16)11-4-5-12(15)18-11/h4-5,10H,6-9H2,1-3H3. The Kier molecular flexibility index (Phi) is 4.23. The van der Waals surface area contributed by atoms with Crippen LogP contribution in [0.4, 0.5) is 4.79 Å². The molecule has 0 saturated carbocycles. The highest BCUT2D eigenvalue weighted by Gasteiger charge is 2.28. The maximum Gasteiger partial charge on any atom is 0.410 e. The maximum atomic E-state index is 11.9. The number of rotatable bonds is 1. The number of piperidine rings is 1. The van der Waals surface area contributed by atoms with E-state index < -0.39 is 5.60 Å². The minimum Gasteiger partial charge on any atom is -0.454 e. The molecule has 0 spiro atoms. The van der Waals surface area contributed by atoms with Crippen LogP contribution in [0.3, 0.4) is 0 Å². The van der Waals surface area contributed by atoms with E-state index in [4.69, 9.17) is 9.15 Å². The molecule has 0 atom stereocenters. The van der Waals surface area contributed by atoms with Crippen molar-refractivity contribution in [1.29, 1.82) is 0 Å². The van der Waals surface area contributed by atoms with Gasteiger partial charge in [0.05, 0.1) is 0 Å². The molecular formula is C14H20BrNO3. The van der Waals surface area contributed by atoms with E-state index in [0.29, 0.717) is 5.92 Å². The van der Waals surface area contributed by atoms with E-state index in [1.807, 2.05) is 32.9 Å². The highest BCUT2D eigenvalue weighted by molar-refractivity contribution is 9.10. The van der Waals surface area contributed by atoms with Crippen molar-refractivity contribution in [1.82, 2.24) is 4.90 Å². The quantitative estimate of drug-likeness (QED) is 0.777. The number of hydrogen-bond donors (Lipinski definition) is 0. The summed E-state index contributed by atoms with van der Waals surface area (Å²) in [4.78, 5) is 13.7. The van der Waals surface area contributed by atoms with Crippen LogP contribution in [0.15, 0.2) is 21.2 Å². The van der Waals surface area contributed by atoms with Crippen LogP contribution in [-0.2, 0) is 4.74 Å². The van der Waals surface area contributed by atoms with Crippen molar-refractivity contribution in [3.8, 4) is 0 Å².